The molecule has 0 unspecified atom stereocenters. The van der Waals surface area contributed by atoms with Gasteiger partial charge in [0.05, 0.1) is 25.3 Å². The number of hydrogen-bond acceptors (Lipinski definition) is 9. The quantitative estimate of drug-likeness (QED) is 0.417. The van der Waals surface area contributed by atoms with Gasteiger partial charge in [-0.15, -0.1) is 0 Å². The number of amides is 3. The van der Waals surface area contributed by atoms with Gasteiger partial charge < -0.3 is 38.6 Å². The lowest BCUT2D eigenvalue weighted by molar-refractivity contribution is -0.142. The normalized spacial score (nSPS) is 33.7. The number of nitrogens with one attached hydrogen (secondary N) is 1. The van der Waals surface area contributed by atoms with Crippen LogP contribution in [-0.4, -0.2) is 98.0 Å². The van der Waals surface area contributed by atoms with E-state index in [4.69, 9.17) is 35.3 Å². The van der Waals surface area contributed by atoms with E-state index in [1.165, 1.54) is 19.1 Å². The van der Waals surface area contributed by atoms with Gasteiger partial charge in [0.2, 0.25) is 11.8 Å². The summed E-state index contributed by atoms with van der Waals surface area (Å²) in [6.45, 7) is 11.2. The molecule has 1 aromatic carbocycles. The monoisotopic (exact) mass is 715 g/mol. The van der Waals surface area contributed by atoms with Gasteiger partial charge in [-0.05, 0) is 44.0 Å². The molecule has 2 saturated heterocycles. The van der Waals surface area contributed by atoms with Crippen molar-refractivity contribution in [2.75, 3.05) is 33.2 Å². The summed E-state index contributed by atoms with van der Waals surface area (Å²) in [4.78, 5) is 43.3. The van der Waals surface area contributed by atoms with Gasteiger partial charge in [-0.2, -0.15) is 0 Å². The van der Waals surface area contributed by atoms with Crippen LogP contribution >= 0.6 is 11.6 Å². The Balaban J connectivity index is 1.58. The van der Waals surface area contributed by atoms with Crippen LogP contribution in [0.2, 0.25) is 5.02 Å². The first-order chi connectivity index (χ1) is 23.3. The van der Waals surface area contributed by atoms with Crippen molar-refractivity contribution in [3.05, 3.63) is 58.4 Å². The van der Waals surface area contributed by atoms with Gasteiger partial charge in [0.15, 0.2) is 11.3 Å². The molecule has 274 valence electrons. The number of benzene rings is 1. The smallest absolute Gasteiger partial charge is 0.409 e. The van der Waals surface area contributed by atoms with Crippen molar-refractivity contribution in [3.8, 4) is 5.75 Å². The minimum Gasteiger partial charge on any atom is -0.495 e. The second-order valence-corrected chi connectivity index (χ2v) is 15.3. The molecule has 13 heteroatoms. The number of methoxy groups -OCH3 is 2. The number of rotatable bonds is 4. The molecule has 4 heterocycles. The number of nitrogens with zero attached hydrogens (tertiary/aromatic N) is 2. The van der Waals surface area contributed by atoms with E-state index in [0.29, 0.717) is 28.6 Å². The molecule has 8 atom stereocenters. The van der Waals surface area contributed by atoms with Crippen LogP contribution in [-0.2, 0) is 35.0 Å². The number of anilines is 1. The van der Waals surface area contributed by atoms with E-state index in [1.54, 1.807) is 31.1 Å². The van der Waals surface area contributed by atoms with Crippen molar-refractivity contribution >= 4 is 35.2 Å². The second-order valence-electron chi connectivity index (χ2n) is 15.0. The first-order valence-corrected chi connectivity index (χ1v) is 17.3. The maximum Gasteiger partial charge on any atom is 0.409 e. The Morgan fingerprint density at radius 3 is 2.56 bits per heavy atom. The first kappa shape index (κ1) is 37.7. The van der Waals surface area contributed by atoms with E-state index in [0.717, 1.165) is 11.1 Å². The van der Waals surface area contributed by atoms with Crippen molar-refractivity contribution in [1.29, 1.82) is 0 Å². The summed E-state index contributed by atoms with van der Waals surface area (Å²) in [6, 6.07) is 3.22. The highest BCUT2D eigenvalue weighted by Gasteiger charge is 2.68. The predicted molar refractivity (Wildman–Crippen MR) is 188 cm³/mol. The third-order valence-corrected chi connectivity index (χ3v) is 10.6. The number of fused-ring (bicyclic) bond motifs is 4. The Labute approximate surface area is 299 Å². The summed E-state index contributed by atoms with van der Waals surface area (Å²) in [5, 5.41) is 14.6. The molecule has 4 bridgehead atoms. The lowest BCUT2D eigenvalue weighted by Crippen LogP contribution is -2.63. The van der Waals surface area contributed by atoms with E-state index in [-0.39, 0.29) is 24.7 Å². The van der Waals surface area contributed by atoms with Crippen molar-refractivity contribution in [3.63, 3.8) is 0 Å². The van der Waals surface area contributed by atoms with E-state index in [1.807, 2.05) is 65.8 Å². The Morgan fingerprint density at radius 2 is 1.92 bits per heavy atom. The molecule has 1 spiro atoms. The maximum absolute atomic E-state index is 14.1. The van der Waals surface area contributed by atoms with Crippen LogP contribution in [0, 0.1) is 11.3 Å². The standard InChI is InChI=1S/C37H50ClN3O9/c1-20-12-11-13-28(47-10)37(45)19-26(49-34(44)39-37)21(2)32-36(50-32)18-27(22(3)40(7)33(43)35(4,5)6)48-29(36)17-30(42)41(8)24-15-23(14-20)16-25(46-9)31(24)38/h11-13,15-16,18,21-22,26,28-29,32,45H,14,17,19H2,1-10H3,(H,39,44)/b13-11+,20-12+/t21-,22+,26+,28-,29+,32+,36+,37+/m1/s1. The lowest BCUT2D eigenvalue weighted by Gasteiger charge is -2.42. The molecule has 3 amide bonds. The molecule has 0 saturated carbocycles. The van der Waals surface area contributed by atoms with Gasteiger partial charge in [0.25, 0.3) is 0 Å². The molecule has 12 nitrogen and oxygen atoms in total. The van der Waals surface area contributed by atoms with Crippen LogP contribution in [0.5, 0.6) is 5.75 Å². The number of ether oxygens (including phenoxy) is 5. The Bertz CT molecular complexity index is 1620. The highest BCUT2D eigenvalue weighted by Crippen LogP contribution is 2.54. The van der Waals surface area contributed by atoms with Crippen LogP contribution in [0.4, 0.5) is 10.5 Å². The third-order valence-electron chi connectivity index (χ3n) is 10.2. The Kier molecular flexibility index (Phi) is 10.4. The number of epoxide rings is 1. The molecule has 0 aliphatic carbocycles. The van der Waals surface area contributed by atoms with Crippen molar-refractivity contribution in [2.24, 2.45) is 11.3 Å². The molecule has 4 aliphatic heterocycles. The van der Waals surface area contributed by atoms with E-state index in [2.05, 4.69) is 5.32 Å². The SMILES string of the molecule is COc1cc2cc(c1Cl)N(C)C(=O)C[C@@H]1OC([C@H](C)N(C)C(=O)C(C)(C)C)=C[C@]13O[C@H]3[C@H](C)[C@@H]1C[C@@](O)(NC(=O)O1)[C@H](OC)/C=C/C=C(\C)C2. The number of carbonyl (C=O) groups excluding carboxylic acids is 3. The molecule has 4 aliphatic rings. The molecule has 50 heavy (non-hydrogen) atoms. The molecular weight excluding hydrogens is 666 g/mol. The highest BCUT2D eigenvalue weighted by molar-refractivity contribution is 6.35. The molecule has 5 rings (SSSR count). The number of halogens is 1. The van der Waals surface area contributed by atoms with Crippen LogP contribution in [0.25, 0.3) is 0 Å². The molecule has 2 fully saturated rings. The molecule has 1 aromatic rings. The minimum absolute atomic E-state index is 0.00844. The van der Waals surface area contributed by atoms with Gasteiger partial charge in [-0.25, -0.2) is 4.79 Å². The van der Waals surface area contributed by atoms with Gasteiger partial charge >= 0.3 is 6.09 Å². The fourth-order valence-corrected chi connectivity index (χ4v) is 7.43. The summed E-state index contributed by atoms with van der Waals surface area (Å²) in [7, 11) is 6.36. The molecule has 2 N–H and O–H groups in total. The lowest BCUT2D eigenvalue weighted by atomic mass is 9.83. The number of allylic oxidation sites excluding steroid dienone is 3. The number of carbonyl (C=O) groups is 3. The highest BCUT2D eigenvalue weighted by atomic mass is 35.5. The average molecular weight is 716 g/mol. The number of aliphatic hydroxyl groups is 1. The van der Waals surface area contributed by atoms with Crippen LogP contribution in [0.3, 0.4) is 0 Å². The Hall–Kier alpha value is -3.58. The summed E-state index contributed by atoms with van der Waals surface area (Å²) in [5.74, 6) is 0.128. The van der Waals surface area contributed by atoms with Crippen LogP contribution < -0.4 is 15.0 Å². The largest absolute Gasteiger partial charge is 0.495 e. The van der Waals surface area contributed by atoms with E-state index < -0.39 is 59.2 Å². The number of alkyl carbamates (subject to hydrolysis) is 1. The Morgan fingerprint density at radius 1 is 1.22 bits per heavy atom. The van der Waals surface area contributed by atoms with Crippen molar-refractivity contribution in [2.45, 2.75) is 103 Å². The van der Waals surface area contributed by atoms with Gasteiger partial charge in [-0.1, -0.05) is 63.1 Å². The van der Waals surface area contributed by atoms with Crippen molar-refractivity contribution < 1.29 is 43.2 Å². The molecule has 0 aromatic heterocycles. The van der Waals surface area contributed by atoms with Crippen LogP contribution in [0.1, 0.15) is 59.9 Å². The summed E-state index contributed by atoms with van der Waals surface area (Å²) in [6.07, 6.45) is 3.86. The van der Waals surface area contributed by atoms with Gasteiger partial charge in [0.1, 0.15) is 40.9 Å². The average Bonchev–Trinajstić information content (AvgIpc) is 3.67. The zero-order valence-electron chi connectivity index (χ0n) is 30.5. The van der Waals surface area contributed by atoms with Gasteiger partial charge in [-0.3, -0.25) is 14.9 Å². The number of hydrogen-bond donors (Lipinski definition) is 2. The van der Waals surface area contributed by atoms with Gasteiger partial charge in [0, 0.05) is 39.0 Å². The molecule has 0 radical (unpaired) electrons. The fourth-order valence-electron chi connectivity index (χ4n) is 7.12. The first-order valence-electron chi connectivity index (χ1n) is 16.9. The third kappa shape index (κ3) is 7.12. The summed E-state index contributed by atoms with van der Waals surface area (Å²) >= 11 is 6.78. The predicted octanol–water partition coefficient (Wildman–Crippen LogP) is 4.91. The number of likely N-dealkylation sites (N-methyl/N-ethyl adjacent to an activating group) is 1. The maximum atomic E-state index is 14.1. The van der Waals surface area contributed by atoms with Crippen molar-refractivity contribution in [1.82, 2.24) is 10.2 Å². The zero-order valence-corrected chi connectivity index (χ0v) is 31.3. The zero-order chi connectivity index (χ0) is 36.9. The fraction of sp³-hybridized carbons (Fsp3) is 0.595. The van der Waals surface area contributed by atoms with E-state index in [9.17, 15) is 19.5 Å². The molecular formula is C37H50ClN3O9. The van der Waals surface area contributed by atoms with E-state index >= 15 is 0 Å². The summed E-state index contributed by atoms with van der Waals surface area (Å²) < 4.78 is 30.0. The van der Waals surface area contributed by atoms with Crippen LogP contribution in [0.15, 0.2) is 47.8 Å². The topological polar surface area (TPSA) is 139 Å². The minimum atomic E-state index is -1.78. The summed E-state index contributed by atoms with van der Waals surface area (Å²) in [5.41, 5.74) is -1.16. The second kappa shape index (κ2) is 13.9.